The van der Waals surface area contributed by atoms with Gasteiger partial charge in [0.15, 0.2) is 11.5 Å². The van der Waals surface area contributed by atoms with Crippen molar-refractivity contribution < 1.29 is 28.9 Å². The molecule has 1 unspecified atom stereocenters. The molecule has 0 aromatic heterocycles. The van der Waals surface area contributed by atoms with Gasteiger partial charge in [-0.2, -0.15) is 0 Å². The molecule has 1 rings (SSSR count). The minimum absolute atomic E-state index is 0.0286. The highest BCUT2D eigenvalue weighted by atomic mass is 16.5. The Bertz CT molecular complexity index is 543. The highest BCUT2D eigenvalue weighted by Gasteiger charge is 2.24. The number of carboxylic acids is 1. The first-order valence-electron chi connectivity index (χ1n) is 6.50. The molecule has 120 valence electrons. The molecular weight excluding hydrogens is 290 g/mol. The molecule has 0 spiro atoms. The van der Waals surface area contributed by atoms with E-state index in [4.69, 9.17) is 19.3 Å². The molecule has 0 saturated heterocycles. The molecule has 7 heteroatoms. The van der Waals surface area contributed by atoms with Crippen molar-refractivity contribution in [3.8, 4) is 11.5 Å². The summed E-state index contributed by atoms with van der Waals surface area (Å²) in [4.78, 5) is 22.7. The molecule has 0 bridgehead atoms. The van der Waals surface area contributed by atoms with E-state index in [1.165, 1.54) is 20.3 Å². The summed E-state index contributed by atoms with van der Waals surface area (Å²) in [7, 11) is 2.91. The van der Waals surface area contributed by atoms with Crippen molar-refractivity contribution in [2.75, 3.05) is 20.8 Å². The van der Waals surface area contributed by atoms with E-state index in [0.29, 0.717) is 17.1 Å². The summed E-state index contributed by atoms with van der Waals surface area (Å²) in [5.74, 6) is -0.268. The number of ether oxygens (including phenoxy) is 3. The second kappa shape index (κ2) is 8.56. The number of amides is 1. The SMILES string of the molecule is C=CCOC(=O)NC(CC(=O)O)c1cccc(OC)c1OC. The van der Waals surface area contributed by atoms with Gasteiger partial charge in [0.25, 0.3) is 0 Å². The number of alkyl carbamates (subject to hydrolysis) is 1. The van der Waals surface area contributed by atoms with E-state index in [0.717, 1.165) is 0 Å². The molecule has 1 aromatic carbocycles. The van der Waals surface area contributed by atoms with Gasteiger partial charge >= 0.3 is 12.1 Å². The molecule has 1 atom stereocenters. The number of carbonyl (C=O) groups excluding carboxylic acids is 1. The van der Waals surface area contributed by atoms with Gasteiger partial charge in [-0.15, -0.1) is 0 Å². The van der Waals surface area contributed by atoms with E-state index in [9.17, 15) is 9.59 Å². The van der Waals surface area contributed by atoms with Crippen LogP contribution in [0, 0.1) is 0 Å². The molecule has 2 N–H and O–H groups in total. The lowest BCUT2D eigenvalue weighted by Gasteiger charge is -2.20. The Labute approximate surface area is 128 Å². The normalized spacial score (nSPS) is 11.2. The average molecular weight is 309 g/mol. The van der Waals surface area contributed by atoms with Gasteiger partial charge in [-0.3, -0.25) is 4.79 Å². The van der Waals surface area contributed by atoms with Gasteiger partial charge in [0.2, 0.25) is 0 Å². The van der Waals surface area contributed by atoms with Crippen LogP contribution in [0.4, 0.5) is 4.79 Å². The lowest BCUT2D eigenvalue weighted by atomic mass is 10.0. The topological polar surface area (TPSA) is 94.1 Å². The van der Waals surface area contributed by atoms with E-state index in [2.05, 4.69) is 11.9 Å². The van der Waals surface area contributed by atoms with Crippen LogP contribution >= 0.6 is 0 Å². The third-order valence-electron chi connectivity index (χ3n) is 2.81. The van der Waals surface area contributed by atoms with Crippen LogP contribution in [0.15, 0.2) is 30.9 Å². The van der Waals surface area contributed by atoms with Crippen molar-refractivity contribution in [3.05, 3.63) is 36.4 Å². The van der Waals surface area contributed by atoms with Crippen molar-refractivity contribution in [1.82, 2.24) is 5.32 Å². The molecule has 0 radical (unpaired) electrons. The molecule has 0 aliphatic carbocycles. The van der Waals surface area contributed by atoms with Crippen molar-refractivity contribution >= 4 is 12.1 Å². The van der Waals surface area contributed by atoms with Gasteiger partial charge < -0.3 is 24.6 Å². The maximum atomic E-state index is 11.7. The average Bonchev–Trinajstić information content (AvgIpc) is 2.50. The van der Waals surface area contributed by atoms with Gasteiger partial charge in [-0.1, -0.05) is 24.8 Å². The monoisotopic (exact) mass is 309 g/mol. The lowest BCUT2D eigenvalue weighted by Crippen LogP contribution is -2.31. The number of aliphatic carboxylic acids is 1. The highest BCUT2D eigenvalue weighted by Crippen LogP contribution is 2.35. The molecule has 0 aliphatic rings. The number of para-hydroxylation sites is 1. The number of carboxylic acid groups (broad SMARTS) is 1. The fourth-order valence-electron chi connectivity index (χ4n) is 1.92. The van der Waals surface area contributed by atoms with Crippen LogP contribution in [0.3, 0.4) is 0 Å². The van der Waals surface area contributed by atoms with Crippen molar-refractivity contribution in [3.63, 3.8) is 0 Å². The molecule has 1 aromatic rings. The van der Waals surface area contributed by atoms with Gasteiger partial charge in [0, 0.05) is 5.56 Å². The molecule has 0 aliphatic heterocycles. The Hall–Kier alpha value is -2.70. The number of rotatable bonds is 8. The smallest absolute Gasteiger partial charge is 0.407 e. The van der Waals surface area contributed by atoms with E-state index < -0.39 is 18.1 Å². The highest BCUT2D eigenvalue weighted by molar-refractivity contribution is 5.72. The summed E-state index contributed by atoms with van der Waals surface area (Å²) in [6.07, 6.45) is 0.348. The number of carbonyl (C=O) groups is 2. The second-order valence-electron chi connectivity index (χ2n) is 4.26. The van der Waals surface area contributed by atoms with Crippen LogP contribution in [-0.2, 0) is 9.53 Å². The number of methoxy groups -OCH3 is 2. The van der Waals surface area contributed by atoms with Crippen LogP contribution < -0.4 is 14.8 Å². The quantitative estimate of drug-likeness (QED) is 0.714. The fourth-order valence-corrected chi connectivity index (χ4v) is 1.92. The predicted molar refractivity (Wildman–Crippen MR) is 79.2 cm³/mol. The summed E-state index contributed by atoms with van der Waals surface area (Å²) in [5, 5.41) is 11.5. The third-order valence-corrected chi connectivity index (χ3v) is 2.81. The molecule has 7 nitrogen and oxygen atoms in total. The van der Waals surface area contributed by atoms with Crippen LogP contribution in [0.25, 0.3) is 0 Å². The van der Waals surface area contributed by atoms with Crippen LogP contribution in [-0.4, -0.2) is 38.0 Å². The maximum absolute atomic E-state index is 11.7. The predicted octanol–water partition coefficient (Wildman–Crippen LogP) is 2.13. The number of nitrogens with one attached hydrogen (secondary N) is 1. The summed E-state index contributed by atoms with van der Waals surface area (Å²) >= 11 is 0. The Kier molecular flexibility index (Phi) is 6.75. The zero-order valence-corrected chi connectivity index (χ0v) is 12.5. The Morgan fingerprint density at radius 2 is 2.09 bits per heavy atom. The largest absolute Gasteiger partial charge is 0.493 e. The van der Waals surface area contributed by atoms with E-state index >= 15 is 0 Å². The summed E-state index contributed by atoms with van der Waals surface area (Å²) in [5.41, 5.74) is 0.486. The van der Waals surface area contributed by atoms with E-state index in [1.54, 1.807) is 18.2 Å². The fraction of sp³-hybridized carbons (Fsp3) is 0.333. The first kappa shape index (κ1) is 17.4. The number of hydrogen-bond acceptors (Lipinski definition) is 5. The summed E-state index contributed by atoms with van der Waals surface area (Å²) in [6.45, 7) is 3.46. The molecule has 22 heavy (non-hydrogen) atoms. The van der Waals surface area contributed by atoms with Crippen molar-refractivity contribution in [1.29, 1.82) is 0 Å². The zero-order valence-electron chi connectivity index (χ0n) is 12.5. The summed E-state index contributed by atoms with van der Waals surface area (Å²) < 4.78 is 15.3. The Morgan fingerprint density at radius 3 is 2.64 bits per heavy atom. The van der Waals surface area contributed by atoms with Crippen molar-refractivity contribution in [2.24, 2.45) is 0 Å². The molecule has 0 saturated carbocycles. The lowest BCUT2D eigenvalue weighted by molar-refractivity contribution is -0.137. The van der Waals surface area contributed by atoms with Crippen molar-refractivity contribution in [2.45, 2.75) is 12.5 Å². The van der Waals surface area contributed by atoms with Gasteiger partial charge in [-0.25, -0.2) is 4.79 Å². The van der Waals surface area contributed by atoms with Crippen LogP contribution in [0.1, 0.15) is 18.0 Å². The summed E-state index contributed by atoms with van der Waals surface area (Å²) in [6, 6.07) is 4.20. The number of hydrogen-bond donors (Lipinski definition) is 2. The van der Waals surface area contributed by atoms with Gasteiger partial charge in [0.05, 0.1) is 26.7 Å². The number of benzene rings is 1. The molecular formula is C15H19NO6. The molecule has 0 heterocycles. The first-order valence-corrected chi connectivity index (χ1v) is 6.50. The molecule has 0 fully saturated rings. The second-order valence-corrected chi connectivity index (χ2v) is 4.26. The Morgan fingerprint density at radius 1 is 1.36 bits per heavy atom. The maximum Gasteiger partial charge on any atom is 0.407 e. The standard InChI is InChI=1S/C15H19NO6/c1-4-8-22-15(19)16-11(9-13(17)18)10-6-5-7-12(20-2)14(10)21-3/h4-7,11H,1,8-9H2,2-3H3,(H,16,19)(H,17,18). The van der Waals surface area contributed by atoms with Crippen LogP contribution in [0.5, 0.6) is 11.5 Å². The Balaban J connectivity index is 3.08. The van der Waals surface area contributed by atoms with Gasteiger partial charge in [-0.05, 0) is 6.07 Å². The minimum atomic E-state index is -1.07. The van der Waals surface area contributed by atoms with E-state index in [1.807, 2.05) is 0 Å². The zero-order chi connectivity index (χ0) is 16.5. The van der Waals surface area contributed by atoms with Gasteiger partial charge in [0.1, 0.15) is 6.61 Å². The van der Waals surface area contributed by atoms with Crippen LogP contribution in [0.2, 0.25) is 0 Å². The van der Waals surface area contributed by atoms with E-state index in [-0.39, 0.29) is 13.0 Å². The minimum Gasteiger partial charge on any atom is -0.493 e. The molecule has 1 amide bonds. The third kappa shape index (κ3) is 4.69. The first-order chi connectivity index (χ1) is 10.5.